The summed E-state index contributed by atoms with van der Waals surface area (Å²) in [6.45, 7) is 2.25. The van der Waals surface area contributed by atoms with Gasteiger partial charge in [-0.1, -0.05) is 18.2 Å². The van der Waals surface area contributed by atoms with Crippen LogP contribution in [0.4, 0.5) is 5.13 Å². The van der Waals surface area contributed by atoms with E-state index in [0.29, 0.717) is 24.5 Å². The maximum absolute atomic E-state index is 12.7. The number of hydrogen-bond donors (Lipinski definition) is 1. The highest BCUT2D eigenvalue weighted by Crippen LogP contribution is 2.27. The molecule has 1 saturated heterocycles. The highest BCUT2D eigenvalue weighted by Gasteiger charge is 2.39. The van der Waals surface area contributed by atoms with Gasteiger partial charge in [-0.25, -0.2) is 13.4 Å². The van der Waals surface area contributed by atoms with E-state index in [1.807, 2.05) is 6.92 Å². The summed E-state index contributed by atoms with van der Waals surface area (Å²) >= 11 is 1.37. The van der Waals surface area contributed by atoms with Crippen molar-refractivity contribution in [1.82, 2.24) is 9.29 Å². The van der Waals surface area contributed by atoms with Crippen molar-refractivity contribution in [2.75, 3.05) is 11.9 Å². The molecule has 8 heteroatoms. The largest absolute Gasteiger partial charge is 0.301 e. The summed E-state index contributed by atoms with van der Waals surface area (Å²) in [6, 6.07) is 7.52. The number of nitrogens with one attached hydrogen (secondary N) is 1. The number of carbonyl (C=O) groups is 1. The van der Waals surface area contributed by atoms with E-state index < -0.39 is 16.1 Å². The molecule has 1 aliphatic heterocycles. The van der Waals surface area contributed by atoms with Crippen LogP contribution >= 0.6 is 11.3 Å². The van der Waals surface area contributed by atoms with Crippen LogP contribution in [0.1, 0.15) is 17.7 Å². The number of nitrogens with zero attached hydrogens (tertiary/aromatic N) is 2. The summed E-state index contributed by atoms with van der Waals surface area (Å²) in [6.07, 6.45) is 2.86. The number of amides is 1. The van der Waals surface area contributed by atoms with Crippen molar-refractivity contribution in [1.29, 1.82) is 0 Å². The number of anilines is 1. The third-order valence-electron chi connectivity index (χ3n) is 3.71. The van der Waals surface area contributed by atoms with Crippen molar-refractivity contribution in [3.8, 4) is 0 Å². The second-order valence-electron chi connectivity index (χ2n) is 5.35. The van der Waals surface area contributed by atoms with Gasteiger partial charge >= 0.3 is 0 Å². The summed E-state index contributed by atoms with van der Waals surface area (Å²) in [4.78, 5) is 17.8. The van der Waals surface area contributed by atoms with Crippen molar-refractivity contribution < 1.29 is 13.2 Å². The second kappa shape index (κ2) is 6.38. The quantitative estimate of drug-likeness (QED) is 0.916. The van der Waals surface area contributed by atoms with Gasteiger partial charge in [0, 0.05) is 17.6 Å². The van der Waals surface area contributed by atoms with Crippen molar-refractivity contribution in [3.05, 3.63) is 41.4 Å². The Kier molecular flexibility index (Phi) is 4.47. The fraction of sp³-hybridized carbons (Fsp3) is 0.333. The minimum absolute atomic E-state index is 0.213. The number of rotatable bonds is 4. The molecule has 23 heavy (non-hydrogen) atoms. The van der Waals surface area contributed by atoms with E-state index >= 15 is 0 Å². The Morgan fingerprint density at radius 1 is 1.35 bits per heavy atom. The molecule has 1 aromatic carbocycles. The van der Waals surface area contributed by atoms with Crippen LogP contribution in [0.25, 0.3) is 0 Å². The fourth-order valence-corrected chi connectivity index (χ4v) is 4.96. The first-order valence-electron chi connectivity index (χ1n) is 7.28. The van der Waals surface area contributed by atoms with E-state index in [9.17, 15) is 13.2 Å². The molecule has 1 aromatic heterocycles. The summed E-state index contributed by atoms with van der Waals surface area (Å²) in [5.74, 6) is -0.323. The topological polar surface area (TPSA) is 79.4 Å². The first kappa shape index (κ1) is 16.1. The van der Waals surface area contributed by atoms with Gasteiger partial charge < -0.3 is 5.32 Å². The molecule has 1 aliphatic rings. The van der Waals surface area contributed by atoms with Crippen LogP contribution in [-0.2, 0) is 14.8 Å². The SMILES string of the molecule is Cc1cnc(NC(=O)[C@@H]2CCCN2S(=O)(=O)c2ccccc2)s1. The van der Waals surface area contributed by atoms with Gasteiger partial charge in [0.2, 0.25) is 15.9 Å². The molecule has 3 rings (SSSR count). The number of benzene rings is 1. The second-order valence-corrected chi connectivity index (χ2v) is 8.48. The molecule has 0 aliphatic carbocycles. The molecule has 0 unspecified atom stereocenters. The average molecular weight is 351 g/mol. The van der Waals surface area contributed by atoms with Crippen LogP contribution < -0.4 is 5.32 Å². The molecule has 1 amide bonds. The van der Waals surface area contributed by atoms with Gasteiger partial charge in [0.25, 0.3) is 0 Å². The lowest BCUT2D eigenvalue weighted by Gasteiger charge is -2.22. The molecular formula is C15H17N3O3S2. The van der Waals surface area contributed by atoms with E-state index in [1.54, 1.807) is 36.5 Å². The third-order valence-corrected chi connectivity index (χ3v) is 6.46. The third kappa shape index (κ3) is 3.29. The average Bonchev–Trinajstić information content (AvgIpc) is 3.17. The summed E-state index contributed by atoms with van der Waals surface area (Å²) in [7, 11) is -3.66. The van der Waals surface area contributed by atoms with Gasteiger partial charge in [0.05, 0.1) is 4.90 Å². The molecule has 6 nitrogen and oxygen atoms in total. The van der Waals surface area contributed by atoms with Crippen LogP contribution in [-0.4, -0.2) is 36.2 Å². The zero-order valence-corrected chi connectivity index (χ0v) is 14.2. The number of sulfonamides is 1. The highest BCUT2D eigenvalue weighted by atomic mass is 32.2. The molecule has 1 N–H and O–H groups in total. The van der Waals surface area contributed by atoms with Crippen LogP contribution in [0.2, 0.25) is 0 Å². The first-order chi connectivity index (χ1) is 11.0. The zero-order chi connectivity index (χ0) is 16.4. The smallest absolute Gasteiger partial charge is 0.244 e. The van der Waals surface area contributed by atoms with E-state index in [4.69, 9.17) is 0 Å². The van der Waals surface area contributed by atoms with Gasteiger partial charge in [-0.05, 0) is 31.9 Å². The molecule has 2 heterocycles. The molecule has 0 bridgehead atoms. The Bertz CT molecular complexity index is 802. The van der Waals surface area contributed by atoms with E-state index in [0.717, 1.165) is 4.88 Å². The van der Waals surface area contributed by atoms with Crippen LogP contribution in [0.5, 0.6) is 0 Å². The highest BCUT2D eigenvalue weighted by molar-refractivity contribution is 7.89. The van der Waals surface area contributed by atoms with Gasteiger partial charge in [-0.3, -0.25) is 4.79 Å². The van der Waals surface area contributed by atoms with Crippen molar-refractivity contribution in [2.24, 2.45) is 0 Å². The van der Waals surface area contributed by atoms with Gasteiger partial charge in [0.15, 0.2) is 5.13 Å². The Balaban J connectivity index is 1.81. The van der Waals surface area contributed by atoms with Crippen molar-refractivity contribution in [2.45, 2.75) is 30.7 Å². The lowest BCUT2D eigenvalue weighted by Crippen LogP contribution is -2.43. The number of thiazole rings is 1. The molecule has 1 atom stereocenters. The Hall–Kier alpha value is -1.77. The lowest BCUT2D eigenvalue weighted by molar-refractivity contribution is -0.119. The van der Waals surface area contributed by atoms with E-state index in [1.165, 1.54) is 15.6 Å². The summed E-state index contributed by atoms with van der Waals surface area (Å²) in [5.41, 5.74) is 0. The predicted molar refractivity (Wildman–Crippen MR) is 88.8 cm³/mol. The van der Waals surface area contributed by atoms with Gasteiger partial charge in [0.1, 0.15) is 6.04 Å². The van der Waals surface area contributed by atoms with E-state index in [2.05, 4.69) is 10.3 Å². The monoisotopic (exact) mass is 351 g/mol. The van der Waals surface area contributed by atoms with Gasteiger partial charge in [-0.15, -0.1) is 11.3 Å². The number of aromatic nitrogens is 1. The minimum Gasteiger partial charge on any atom is -0.301 e. The molecule has 2 aromatic rings. The maximum atomic E-state index is 12.7. The Morgan fingerprint density at radius 2 is 2.09 bits per heavy atom. The van der Waals surface area contributed by atoms with E-state index in [-0.39, 0.29) is 10.8 Å². The maximum Gasteiger partial charge on any atom is 0.244 e. The Labute approximate surface area is 139 Å². The predicted octanol–water partition coefficient (Wildman–Crippen LogP) is 2.24. The molecule has 0 radical (unpaired) electrons. The number of carbonyl (C=O) groups excluding carboxylic acids is 1. The summed E-state index contributed by atoms with van der Waals surface area (Å²) in [5, 5.41) is 3.22. The zero-order valence-electron chi connectivity index (χ0n) is 12.6. The van der Waals surface area contributed by atoms with Gasteiger partial charge in [-0.2, -0.15) is 4.31 Å². The van der Waals surface area contributed by atoms with Crippen molar-refractivity contribution in [3.63, 3.8) is 0 Å². The molecule has 1 fully saturated rings. The molecule has 0 saturated carbocycles. The fourth-order valence-electron chi connectivity index (χ4n) is 2.62. The minimum atomic E-state index is -3.66. The number of hydrogen-bond acceptors (Lipinski definition) is 5. The lowest BCUT2D eigenvalue weighted by atomic mass is 10.2. The van der Waals surface area contributed by atoms with Crippen LogP contribution in [0.15, 0.2) is 41.4 Å². The molecular weight excluding hydrogens is 334 g/mol. The molecule has 0 spiro atoms. The molecule has 122 valence electrons. The normalized spacial score (nSPS) is 18.9. The Morgan fingerprint density at radius 3 is 2.74 bits per heavy atom. The van der Waals surface area contributed by atoms with Crippen molar-refractivity contribution >= 4 is 32.4 Å². The standard InChI is InChI=1S/C15H17N3O3S2/c1-11-10-16-15(22-11)17-14(19)13-8-5-9-18(13)23(20,21)12-6-3-2-4-7-12/h2-4,6-7,10,13H,5,8-9H2,1H3,(H,16,17,19)/t13-/m0/s1. The first-order valence-corrected chi connectivity index (χ1v) is 9.54. The summed E-state index contributed by atoms with van der Waals surface area (Å²) < 4.78 is 26.8. The van der Waals surface area contributed by atoms with Crippen LogP contribution in [0.3, 0.4) is 0 Å². The van der Waals surface area contributed by atoms with Crippen LogP contribution in [0, 0.1) is 6.92 Å². The number of aryl methyl sites for hydroxylation is 1.